The molecule has 0 fully saturated rings. The molecule has 0 radical (unpaired) electrons. The van der Waals surface area contributed by atoms with E-state index in [0.29, 0.717) is 31.0 Å². The third-order valence-electron chi connectivity index (χ3n) is 5.91. The molecular formula is C24H25N7O2. The van der Waals surface area contributed by atoms with Crippen LogP contribution in [0.1, 0.15) is 12.1 Å². The summed E-state index contributed by atoms with van der Waals surface area (Å²) in [5, 5.41) is 20.4. The molecule has 33 heavy (non-hydrogen) atoms. The van der Waals surface area contributed by atoms with Crippen LogP contribution in [0.3, 0.4) is 0 Å². The lowest BCUT2D eigenvalue weighted by atomic mass is 10.0. The Morgan fingerprint density at radius 3 is 2.91 bits per heavy atom. The van der Waals surface area contributed by atoms with Crippen LogP contribution in [0.5, 0.6) is 0 Å². The van der Waals surface area contributed by atoms with E-state index in [1.807, 2.05) is 44.3 Å². The van der Waals surface area contributed by atoms with Gasteiger partial charge < -0.3 is 21.1 Å². The summed E-state index contributed by atoms with van der Waals surface area (Å²) in [6.07, 6.45) is 9.04. The van der Waals surface area contributed by atoms with Crippen molar-refractivity contribution < 1.29 is 9.90 Å². The molecular weight excluding hydrogens is 418 g/mol. The molecule has 3 aromatic rings. The molecule has 0 aliphatic carbocycles. The zero-order valence-electron chi connectivity index (χ0n) is 18.5. The Kier molecular flexibility index (Phi) is 5.39. The van der Waals surface area contributed by atoms with Crippen molar-refractivity contribution in [2.45, 2.75) is 19.4 Å². The second-order valence-electron chi connectivity index (χ2n) is 8.07. The molecule has 5 heterocycles. The summed E-state index contributed by atoms with van der Waals surface area (Å²) in [5.74, 6) is 1.41. The van der Waals surface area contributed by atoms with Gasteiger partial charge in [-0.05, 0) is 25.5 Å². The number of nitrogens with one attached hydrogen (secondary N) is 3. The molecule has 5 rings (SSSR count). The summed E-state index contributed by atoms with van der Waals surface area (Å²) in [4.78, 5) is 28.1. The fraction of sp³-hybridized carbons (Fsp3) is 0.250. The minimum Gasteiger partial charge on any atom is -0.388 e. The van der Waals surface area contributed by atoms with Crippen LogP contribution in [0.25, 0.3) is 22.0 Å². The Morgan fingerprint density at radius 2 is 2.06 bits per heavy atom. The van der Waals surface area contributed by atoms with E-state index in [9.17, 15) is 9.90 Å². The first kappa shape index (κ1) is 20.9. The van der Waals surface area contributed by atoms with Gasteiger partial charge in [0.25, 0.3) is 0 Å². The Hall–Kier alpha value is -3.98. The zero-order valence-corrected chi connectivity index (χ0v) is 18.5. The molecule has 9 nitrogen and oxygen atoms in total. The highest BCUT2D eigenvalue weighted by Gasteiger charge is 2.28. The number of aliphatic hydroxyl groups is 1. The standard InChI is InChI=1S/C24H25N7O2/c1-14-19(15-8-16-12-29-22(25-2)10-20(16)28-11-15)9-17(13-27-14)30-24(33)31-7-3-4-18-21(32)5-6-26-23(18)31/h3-4,8-13,21,26,32H,5-7H2,1-2H3,(H,25,29)(H,30,33). The summed E-state index contributed by atoms with van der Waals surface area (Å²) in [7, 11) is 1.82. The molecule has 2 aliphatic heterocycles. The minimum atomic E-state index is -0.570. The molecule has 9 heteroatoms. The fourth-order valence-electron chi connectivity index (χ4n) is 4.14. The van der Waals surface area contributed by atoms with Crippen LogP contribution in [0.4, 0.5) is 16.3 Å². The van der Waals surface area contributed by atoms with Gasteiger partial charge in [-0.1, -0.05) is 12.2 Å². The van der Waals surface area contributed by atoms with E-state index in [-0.39, 0.29) is 6.03 Å². The lowest BCUT2D eigenvalue weighted by molar-refractivity contribution is 0.180. The average molecular weight is 444 g/mol. The first-order chi connectivity index (χ1) is 16.0. The average Bonchev–Trinajstić information content (AvgIpc) is 2.84. The largest absolute Gasteiger partial charge is 0.388 e. The van der Waals surface area contributed by atoms with Crippen LogP contribution in [0, 0.1) is 6.92 Å². The molecule has 0 bridgehead atoms. The van der Waals surface area contributed by atoms with Gasteiger partial charge >= 0.3 is 6.03 Å². The monoisotopic (exact) mass is 443 g/mol. The number of hydrogen-bond acceptors (Lipinski definition) is 7. The number of urea groups is 1. The molecule has 3 aromatic heterocycles. The van der Waals surface area contributed by atoms with Gasteiger partial charge in [0.05, 0.1) is 23.5 Å². The number of anilines is 2. The number of aromatic nitrogens is 3. The molecule has 1 atom stereocenters. The van der Waals surface area contributed by atoms with Crippen molar-refractivity contribution in [2.24, 2.45) is 0 Å². The van der Waals surface area contributed by atoms with Gasteiger partial charge in [-0.3, -0.25) is 14.9 Å². The summed E-state index contributed by atoms with van der Waals surface area (Å²) >= 11 is 0. The number of pyridine rings is 3. The van der Waals surface area contributed by atoms with Gasteiger partial charge in [-0.25, -0.2) is 9.78 Å². The van der Waals surface area contributed by atoms with Crippen LogP contribution in [0.15, 0.2) is 60.3 Å². The second kappa shape index (κ2) is 8.51. The predicted molar refractivity (Wildman–Crippen MR) is 128 cm³/mol. The number of nitrogens with zero attached hydrogens (tertiary/aromatic N) is 4. The normalized spacial score (nSPS) is 17.5. The van der Waals surface area contributed by atoms with Crippen LogP contribution >= 0.6 is 0 Å². The quantitative estimate of drug-likeness (QED) is 0.492. The third kappa shape index (κ3) is 3.98. The Bertz CT molecular complexity index is 1300. The van der Waals surface area contributed by atoms with Crippen molar-refractivity contribution >= 4 is 28.4 Å². The van der Waals surface area contributed by atoms with E-state index < -0.39 is 6.10 Å². The third-order valence-corrected chi connectivity index (χ3v) is 5.91. The van der Waals surface area contributed by atoms with E-state index in [1.54, 1.807) is 23.5 Å². The maximum Gasteiger partial charge on any atom is 0.327 e. The SMILES string of the molecule is CNc1cc2ncc(-c3cc(NC(=O)N4CC=CC5=C4NCCC5O)cnc3C)cc2cn1. The maximum atomic E-state index is 13.1. The molecule has 168 valence electrons. The summed E-state index contributed by atoms with van der Waals surface area (Å²) in [6, 6.07) is 5.53. The predicted octanol–water partition coefficient (Wildman–Crippen LogP) is 3.01. The number of carbonyl (C=O) groups excluding carboxylic acids is 1. The number of hydrogen-bond donors (Lipinski definition) is 4. The topological polar surface area (TPSA) is 115 Å². The van der Waals surface area contributed by atoms with E-state index in [4.69, 9.17) is 0 Å². The number of aryl methyl sites for hydroxylation is 1. The van der Waals surface area contributed by atoms with Crippen LogP contribution in [0.2, 0.25) is 0 Å². The smallest absolute Gasteiger partial charge is 0.327 e. The lowest BCUT2D eigenvalue weighted by Gasteiger charge is -2.34. The summed E-state index contributed by atoms with van der Waals surface area (Å²) < 4.78 is 0. The first-order valence-corrected chi connectivity index (χ1v) is 10.8. The molecule has 0 saturated carbocycles. The molecule has 0 aromatic carbocycles. The maximum absolute atomic E-state index is 13.1. The van der Waals surface area contributed by atoms with Crippen molar-refractivity contribution in [1.82, 2.24) is 25.2 Å². The fourth-order valence-corrected chi connectivity index (χ4v) is 4.14. The molecule has 0 saturated heterocycles. The van der Waals surface area contributed by atoms with Crippen LogP contribution in [-0.4, -0.2) is 57.2 Å². The Labute approximate surface area is 191 Å². The van der Waals surface area contributed by atoms with E-state index in [0.717, 1.165) is 39.1 Å². The van der Waals surface area contributed by atoms with Crippen LogP contribution in [-0.2, 0) is 0 Å². The number of rotatable bonds is 3. The molecule has 4 N–H and O–H groups in total. The van der Waals surface area contributed by atoms with E-state index in [2.05, 4.69) is 30.9 Å². The van der Waals surface area contributed by atoms with Crippen molar-refractivity contribution in [1.29, 1.82) is 0 Å². The van der Waals surface area contributed by atoms with Gasteiger partial charge in [0.15, 0.2) is 0 Å². The van der Waals surface area contributed by atoms with Crippen molar-refractivity contribution in [3.05, 3.63) is 66.0 Å². The number of carbonyl (C=O) groups is 1. The number of aliphatic hydroxyl groups excluding tert-OH is 1. The zero-order chi connectivity index (χ0) is 22.9. The Morgan fingerprint density at radius 1 is 1.18 bits per heavy atom. The van der Waals surface area contributed by atoms with Gasteiger partial charge in [0, 0.05) is 66.4 Å². The molecule has 1 unspecified atom stereocenters. The lowest BCUT2D eigenvalue weighted by Crippen LogP contribution is -2.45. The molecule has 2 amide bonds. The highest BCUT2D eigenvalue weighted by Crippen LogP contribution is 2.28. The van der Waals surface area contributed by atoms with Crippen molar-refractivity contribution in [3.8, 4) is 11.1 Å². The van der Waals surface area contributed by atoms with Crippen LogP contribution < -0.4 is 16.0 Å². The minimum absolute atomic E-state index is 0.287. The molecule has 0 spiro atoms. The van der Waals surface area contributed by atoms with Gasteiger partial charge in [-0.15, -0.1) is 0 Å². The van der Waals surface area contributed by atoms with Gasteiger partial charge in [-0.2, -0.15) is 0 Å². The highest BCUT2D eigenvalue weighted by atomic mass is 16.3. The summed E-state index contributed by atoms with van der Waals surface area (Å²) in [6.45, 7) is 2.97. The number of fused-ring (bicyclic) bond motifs is 1. The summed E-state index contributed by atoms with van der Waals surface area (Å²) in [5.41, 5.74) is 4.77. The first-order valence-electron chi connectivity index (χ1n) is 10.8. The second-order valence-corrected chi connectivity index (χ2v) is 8.07. The number of amides is 2. The Balaban J connectivity index is 1.42. The van der Waals surface area contributed by atoms with Gasteiger partial charge in [0.1, 0.15) is 11.6 Å². The highest BCUT2D eigenvalue weighted by molar-refractivity contribution is 5.92. The van der Waals surface area contributed by atoms with E-state index >= 15 is 0 Å². The molecule has 2 aliphatic rings. The van der Waals surface area contributed by atoms with Gasteiger partial charge in [0.2, 0.25) is 0 Å². The van der Waals surface area contributed by atoms with Crippen molar-refractivity contribution in [2.75, 3.05) is 30.8 Å². The van der Waals surface area contributed by atoms with Crippen molar-refractivity contribution in [3.63, 3.8) is 0 Å². The van der Waals surface area contributed by atoms with E-state index in [1.165, 1.54) is 0 Å².